The summed E-state index contributed by atoms with van der Waals surface area (Å²) in [6.07, 6.45) is 3.57. The fraction of sp³-hybridized carbons (Fsp3) is 0.154. The van der Waals surface area contributed by atoms with Crippen molar-refractivity contribution in [2.45, 2.75) is 17.9 Å². The van der Waals surface area contributed by atoms with Crippen molar-refractivity contribution in [3.63, 3.8) is 0 Å². The maximum Gasteiger partial charge on any atom is 0.242 e. The van der Waals surface area contributed by atoms with Crippen molar-refractivity contribution in [2.24, 2.45) is 0 Å². The van der Waals surface area contributed by atoms with Crippen LogP contribution in [-0.4, -0.2) is 19.3 Å². The topological polar surface area (TPSA) is 91.1 Å². The van der Waals surface area contributed by atoms with E-state index in [1.54, 1.807) is 18.5 Å². The van der Waals surface area contributed by atoms with E-state index >= 15 is 0 Å². The van der Waals surface area contributed by atoms with Gasteiger partial charge in [-0.25, -0.2) is 13.1 Å². The number of benzene rings is 1. The molecule has 2 heterocycles. The molecule has 0 fully saturated rings. The van der Waals surface area contributed by atoms with E-state index in [1.807, 2.05) is 0 Å². The molecule has 3 rings (SSSR count). The van der Waals surface area contributed by atoms with Crippen LogP contribution >= 0.6 is 11.6 Å². The molecular formula is C13H12ClN3O3S. The lowest BCUT2D eigenvalue weighted by Gasteiger charge is -2.09. The number of halogens is 1. The van der Waals surface area contributed by atoms with Crippen molar-refractivity contribution < 1.29 is 13.2 Å². The highest BCUT2D eigenvalue weighted by Gasteiger charge is 2.24. The van der Waals surface area contributed by atoms with E-state index < -0.39 is 10.0 Å². The summed E-state index contributed by atoms with van der Waals surface area (Å²) in [7, 11) is -3.74. The summed E-state index contributed by atoms with van der Waals surface area (Å²) >= 11 is 6.02. The van der Waals surface area contributed by atoms with Gasteiger partial charge in [0.1, 0.15) is 4.90 Å². The van der Waals surface area contributed by atoms with Crippen LogP contribution in [0.5, 0.6) is 0 Å². The fourth-order valence-electron chi connectivity index (χ4n) is 2.16. The van der Waals surface area contributed by atoms with Gasteiger partial charge in [0.2, 0.25) is 15.9 Å². The number of amides is 1. The molecule has 0 atom stereocenters. The number of hydrogen-bond acceptors (Lipinski definition) is 3. The number of anilines is 1. The van der Waals surface area contributed by atoms with Crippen LogP contribution in [0.2, 0.25) is 5.02 Å². The SMILES string of the molecule is O=C1Cc2cc(S(=O)(=O)NCc3cc[nH]c3)c(Cl)cc2N1. The van der Waals surface area contributed by atoms with Gasteiger partial charge in [0.25, 0.3) is 0 Å². The molecule has 0 saturated heterocycles. The lowest BCUT2D eigenvalue weighted by molar-refractivity contribution is -0.115. The Morgan fingerprint density at radius 1 is 1.33 bits per heavy atom. The zero-order chi connectivity index (χ0) is 15.0. The van der Waals surface area contributed by atoms with Crippen LogP contribution in [0.25, 0.3) is 0 Å². The first kappa shape index (κ1) is 14.1. The molecule has 21 heavy (non-hydrogen) atoms. The van der Waals surface area contributed by atoms with Gasteiger partial charge in [-0.15, -0.1) is 0 Å². The summed E-state index contributed by atoms with van der Waals surface area (Å²) < 4.78 is 27.1. The van der Waals surface area contributed by atoms with Crippen molar-refractivity contribution in [1.29, 1.82) is 0 Å². The molecule has 6 nitrogen and oxygen atoms in total. The van der Waals surface area contributed by atoms with Gasteiger partial charge in [0, 0.05) is 24.6 Å². The second-order valence-electron chi connectivity index (χ2n) is 4.71. The van der Waals surface area contributed by atoms with Crippen LogP contribution < -0.4 is 10.0 Å². The average molecular weight is 326 g/mol. The van der Waals surface area contributed by atoms with Gasteiger partial charge >= 0.3 is 0 Å². The molecule has 0 saturated carbocycles. The second kappa shape index (κ2) is 5.18. The molecule has 2 aromatic rings. The molecule has 0 radical (unpaired) electrons. The molecule has 1 amide bonds. The molecule has 0 unspecified atom stereocenters. The number of nitrogens with one attached hydrogen (secondary N) is 3. The summed E-state index contributed by atoms with van der Waals surface area (Å²) in [4.78, 5) is 14.2. The number of fused-ring (bicyclic) bond motifs is 1. The van der Waals surface area contributed by atoms with Gasteiger partial charge in [0.05, 0.1) is 11.4 Å². The number of aromatic amines is 1. The monoisotopic (exact) mass is 325 g/mol. The molecule has 0 bridgehead atoms. The first-order valence-electron chi connectivity index (χ1n) is 6.19. The Morgan fingerprint density at radius 2 is 2.14 bits per heavy atom. The Kier molecular flexibility index (Phi) is 3.48. The maximum absolute atomic E-state index is 12.3. The van der Waals surface area contributed by atoms with Crippen LogP contribution in [0.15, 0.2) is 35.5 Å². The highest BCUT2D eigenvalue weighted by atomic mass is 35.5. The molecular weight excluding hydrogens is 314 g/mol. The van der Waals surface area contributed by atoms with Crippen LogP contribution in [0, 0.1) is 0 Å². The predicted octanol–water partition coefficient (Wildman–Crippen LogP) is 1.64. The number of carbonyl (C=O) groups excluding carboxylic acids is 1. The lowest BCUT2D eigenvalue weighted by Crippen LogP contribution is -2.23. The number of H-pyrrole nitrogens is 1. The van der Waals surface area contributed by atoms with Crippen LogP contribution in [0.1, 0.15) is 11.1 Å². The summed E-state index contributed by atoms with van der Waals surface area (Å²) in [6.45, 7) is 0.163. The van der Waals surface area contributed by atoms with E-state index in [9.17, 15) is 13.2 Å². The third-order valence-electron chi connectivity index (χ3n) is 3.20. The zero-order valence-electron chi connectivity index (χ0n) is 10.8. The van der Waals surface area contributed by atoms with Gasteiger partial charge in [-0.05, 0) is 29.3 Å². The quantitative estimate of drug-likeness (QED) is 0.798. The molecule has 8 heteroatoms. The van der Waals surface area contributed by atoms with Crippen LogP contribution in [0.3, 0.4) is 0 Å². The molecule has 1 aliphatic rings. The number of rotatable bonds is 4. The largest absolute Gasteiger partial charge is 0.367 e. The number of carbonyl (C=O) groups is 1. The minimum Gasteiger partial charge on any atom is -0.367 e. The van der Waals surface area contributed by atoms with E-state index in [0.29, 0.717) is 11.3 Å². The number of hydrogen-bond donors (Lipinski definition) is 3. The Bertz CT molecular complexity index is 800. The van der Waals surface area contributed by atoms with Crippen LogP contribution in [-0.2, 0) is 27.8 Å². The van der Waals surface area contributed by atoms with Gasteiger partial charge in [-0.2, -0.15) is 0 Å². The van der Waals surface area contributed by atoms with Crippen LogP contribution in [0.4, 0.5) is 5.69 Å². The van der Waals surface area contributed by atoms with Crippen molar-refractivity contribution in [3.8, 4) is 0 Å². The molecule has 0 spiro atoms. The summed E-state index contributed by atoms with van der Waals surface area (Å²) in [5.41, 5.74) is 2.01. The normalized spacial score (nSPS) is 14.0. The molecule has 1 aromatic heterocycles. The molecule has 1 aromatic carbocycles. The minimum absolute atomic E-state index is 0.0186. The van der Waals surface area contributed by atoms with E-state index in [4.69, 9.17) is 11.6 Å². The van der Waals surface area contributed by atoms with Gasteiger partial charge in [-0.1, -0.05) is 11.6 Å². The molecule has 3 N–H and O–H groups in total. The van der Waals surface area contributed by atoms with Crippen molar-refractivity contribution >= 4 is 33.2 Å². The summed E-state index contributed by atoms with van der Waals surface area (Å²) in [5, 5.41) is 2.71. The second-order valence-corrected chi connectivity index (χ2v) is 6.85. The summed E-state index contributed by atoms with van der Waals surface area (Å²) in [5.74, 6) is -0.170. The van der Waals surface area contributed by atoms with E-state index in [2.05, 4.69) is 15.0 Å². The van der Waals surface area contributed by atoms with Gasteiger partial charge < -0.3 is 10.3 Å². The Hall–Kier alpha value is -1.83. The van der Waals surface area contributed by atoms with E-state index in [0.717, 1.165) is 5.56 Å². The van der Waals surface area contributed by atoms with E-state index in [-0.39, 0.29) is 28.8 Å². The first-order valence-corrected chi connectivity index (χ1v) is 8.05. The van der Waals surface area contributed by atoms with Gasteiger partial charge in [-0.3, -0.25) is 4.79 Å². The van der Waals surface area contributed by atoms with E-state index in [1.165, 1.54) is 12.1 Å². The fourth-order valence-corrected chi connectivity index (χ4v) is 3.75. The third kappa shape index (κ3) is 2.80. The third-order valence-corrected chi connectivity index (χ3v) is 5.07. The Labute approximate surface area is 126 Å². The lowest BCUT2D eigenvalue weighted by atomic mass is 10.2. The van der Waals surface area contributed by atoms with Gasteiger partial charge in [0.15, 0.2) is 0 Å². The highest BCUT2D eigenvalue weighted by molar-refractivity contribution is 7.89. The smallest absolute Gasteiger partial charge is 0.242 e. The molecule has 1 aliphatic heterocycles. The average Bonchev–Trinajstić information content (AvgIpc) is 3.03. The minimum atomic E-state index is -3.74. The number of aromatic nitrogens is 1. The standard InChI is InChI=1S/C13H12ClN3O3S/c14-10-5-11-9(4-13(18)17-11)3-12(10)21(19,20)16-7-8-1-2-15-6-8/h1-3,5-6,15-16H,4,7H2,(H,17,18). The predicted molar refractivity (Wildman–Crippen MR) is 78.6 cm³/mol. The Morgan fingerprint density at radius 3 is 2.86 bits per heavy atom. The number of sulfonamides is 1. The van der Waals surface area contributed by atoms with Crippen molar-refractivity contribution in [3.05, 3.63) is 46.7 Å². The Balaban J connectivity index is 1.89. The zero-order valence-corrected chi connectivity index (χ0v) is 12.4. The molecule has 0 aliphatic carbocycles. The molecule has 110 valence electrons. The van der Waals surface area contributed by atoms with Crippen molar-refractivity contribution in [2.75, 3.05) is 5.32 Å². The van der Waals surface area contributed by atoms with Crippen molar-refractivity contribution in [1.82, 2.24) is 9.71 Å². The summed E-state index contributed by atoms with van der Waals surface area (Å²) in [6, 6.07) is 4.68. The maximum atomic E-state index is 12.3. The highest BCUT2D eigenvalue weighted by Crippen LogP contribution is 2.32. The first-order chi connectivity index (χ1) is 9.95.